The van der Waals surface area contributed by atoms with Crippen LogP contribution in [0.15, 0.2) is 76.8 Å². The number of allylic oxidation sites excluding steroid dienone is 4. The number of phenols is 1. The summed E-state index contributed by atoms with van der Waals surface area (Å²) in [5.74, 6) is 0.623. The number of hydrogen-bond acceptors (Lipinski definition) is 3. The summed E-state index contributed by atoms with van der Waals surface area (Å²) in [5, 5.41) is 12.3. The van der Waals surface area contributed by atoms with Gasteiger partial charge >= 0.3 is 0 Å². The largest absolute Gasteiger partial charge is 0.508 e. The highest BCUT2D eigenvalue weighted by Gasteiger charge is 2.12. The second kappa shape index (κ2) is 8.06. The quantitative estimate of drug-likeness (QED) is 0.737. The minimum absolute atomic E-state index is 0.208. The minimum atomic E-state index is -0.208. The van der Waals surface area contributed by atoms with E-state index in [9.17, 15) is 9.90 Å². The van der Waals surface area contributed by atoms with E-state index in [1.807, 2.05) is 36.4 Å². The van der Waals surface area contributed by atoms with Crippen molar-refractivity contribution < 1.29 is 14.6 Å². The first kappa shape index (κ1) is 18.0. The van der Waals surface area contributed by atoms with Gasteiger partial charge in [0.1, 0.15) is 11.5 Å². The number of halogens is 1. The van der Waals surface area contributed by atoms with Crippen molar-refractivity contribution in [2.75, 3.05) is 12.4 Å². The monoisotopic (exact) mass is 411 g/mol. The van der Waals surface area contributed by atoms with E-state index in [-0.39, 0.29) is 11.7 Å². The molecule has 0 saturated carbocycles. The van der Waals surface area contributed by atoms with Gasteiger partial charge in [0.25, 0.3) is 5.91 Å². The van der Waals surface area contributed by atoms with Gasteiger partial charge in [-0.15, -0.1) is 0 Å². The number of aromatic hydroxyl groups is 1. The van der Waals surface area contributed by atoms with E-state index in [1.165, 1.54) is 0 Å². The van der Waals surface area contributed by atoms with Gasteiger partial charge in [0.05, 0.1) is 12.8 Å². The maximum Gasteiger partial charge on any atom is 0.255 e. The second-order valence-corrected chi connectivity index (χ2v) is 6.68. The van der Waals surface area contributed by atoms with Crippen LogP contribution in [0.5, 0.6) is 11.5 Å². The molecule has 0 fully saturated rings. The molecule has 0 atom stereocenters. The molecule has 2 aromatic rings. The van der Waals surface area contributed by atoms with E-state index in [2.05, 4.69) is 21.2 Å². The summed E-state index contributed by atoms with van der Waals surface area (Å²) in [6, 6.07) is 12.5. The van der Waals surface area contributed by atoms with Crippen LogP contribution in [-0.2, 0) is 4.79 Å². The van der Waals surface area contributed by atoms with Crippen LogP contribution in [0, 0.1) is 0 Å². The highest BCUT2D eigenvalue weighted by molar-refractivity contribution is 9.10. The van der Waals surface area contributed by atoms with Crippen LogP contribution in [0.3, 0.4) is 0 Å². The van der Waals surface area contributed by atoms with Crippen molar-refractivity contribution in [2.45, 2.75) is 6.42 Å². The SMILES string of the molecule is COc1ccc(Br)cc1NC(=O)C1=CC=C(c2ccc(O)cc2)CC=C1. The average molecular weight is 412 g/mol. The Kier molecular flexibility index (Phi) is 5.58. The molecule has 5 heteroatoms. The number of phenolic OH excluding ortho intramolecular Hbond substituents is 1. The number of nitrogens with one attached hydrogen (secondary N) is 1. The molecule has 1 amide bonds. The number of benzene rings is 2. The third-order valence-corrected chi connectivity index (χ3v) is 4.50. The zero-order valence-electron chi connectivity index (χ0n) is 14.2. The Labute approximate surface area is 160 Å². The second-order valence-electron chi connectivity index (χ2n) is 5.77. The van der Waals surface area contributed by atoms with Crippen LogP contribution in [0.1, 0.15) is 12.0 Å². The first-order valence-electron chi connectivity index (χ1n) is 8.08. The number of carbonyl (C=O) groups is 1. The third kappa shape index (κ3) is 4.24. The fourth-order valence-corrected chi connectivity index (χ4v) is 3.00. The molecule has 132 valence electrons. The predicted molar refractivity (Wildman–Crippen MR) is 107 cm³/mol. The molecule has 26 heavy (non-hydrogen) atoms. The van der Waals surface area contributed by atoms with Crippen LogP contribution in [0.25, 0.3) is 5.57 Å². The van der Waals surface area contributed by atoms with Gasteiger partial charge in [0, 0.05) is 10.0 Å². The molecule has 0 bridgehead atoms. The van der Waals surface area contributed by atoms with Gasteiger partial charge in [0.2, 0.25) is 0 Å². The molecule has 0 saturated heterocycles. The van der Waals surface area contributed by atoms with Gasteiger partial charge in [-0.1, -0.05) is 46.3 Å². The molecule has 0 radical (unpaired) electrons. The van der Waals surface area contributed by atoms with Crippen molar-refractivity contribution in [3.05, 3.63) is 82.4 Å². The summed E-state index contributed by atoms with van der Waals surface area (Å²) in [4.78, 5) is 12.6. The number of rotatable bonds is 4. The summed E-state index contributed by atoms with van der Waals surface area (Å²) in [6.45, 7) is 0. The molecular formula is C21H18BrNO3. The highest BCUT2D eigenvalue weighted by atomic mass is 79.9. The molecule has 1 aliphatic carbocycles. The van der Waals surface area contributed by atoms with E-state index < -0.39 is 0 Å². The molecule has 3 rings (SSSR count). The summed E-state index contributed by atoms with van der Waals surface area (Å²) in [6.07, 6.45) is 8.20. The first-order valence-corrected chi connectivity index (χ1v) is 8.88. The standard InChI is InChI=1S/C21H18BrNO3/c1-26-20-12-9-17(22)13-19(20)23-21(25)16-4-2-3-14(5-6-16)15-7-10-18(24)11-8-15/h2,4-13,24H,3H2,1H3,(H,23,25). The lowest BCUT2D eigenvalue weighted by molar-refractivity contribution is -0.112. The Morgan fingerprint density at radius 1 is 1.15 bits per heavy atom. The van der Waals surface area contributed by atoms with Crippen molar-refractivity contribution in [3.8, 4) is 11.5 Å². The minimum Gasteiger partial charge on any atom is -0.508 e. The van der Waals surface area contributed by atoms with Crippen LogP contribution in [0.4, 0.5) is 5.69 Å². The molecule has 2 N–H and O–H groups in total. The molecule has 0 aromatic heterocycles. The number of hydrogen-bond donors (Lipinski definition) is 2. The van der Waals surface area contributed by atoms with E-state index in [0.29, 0.717) is 23.4 Å². The molecule has 0 aliphatic heterocycles. The predicted octanol–water partition coefficient (Wildman–Crippen LogP) is 5.07. The summed E-state index contributed by atoms with van der Waals surface area (Å²) < 4.78 is 6.15. The van der Waals surface area contributed by atoms with Crippen molar-refractivity contribution in [1.29, 1.82) is 0 Å². The zero-order chi connectivity index (χ0) is 18.5. The maximum atomic E-state index is 12.6. The van der Waals surface area contributed by atoms with Crippen molar-refractivity contribution in [3.63, 3.8) is 0 Å². The zero-order valence-corrected chi connectivity index (χ0v) is 15.8. The summed E-state index contributed by atoms with van der Waals surface area (Å²) in [5.41, 5.74) is 3.25. The Hall–Kier alpha value is -2.79. The van der Waals surface area contributed by atoms with Crippen LogP contribution < -0.4 is 10.1 Å². The van der Waals surface area contributed by atoms with Crippen LogP contribution in [0.2, 0.25) is 0 Å². The smallest absolute Gasteiger partial charge is 0.255 e. The highest BCUT2D eigenvalue weighted by Crippen LogP contribution is 2.29. The topological polar surface area (TPSA) is 58.6 Å². The van der Waals surface area contributed by atoms with Gasteiger partial charge in [0.15, 0.2) is 0 Å². The molecular weight excluding hydrogens is 394 g/mol. The molecule has 2 aromatic carbocycles. The lowest BCUT2D eigenvalue weighted by Crippen LogP contribution is -2.13. The third-order valence-electron chi connectivity index (χ3n) is 4.01. The lowest BCUT2D eigenvalue weighted by atomic mass is 10.0. The average Bonchev–Trinajstić information content (AvgIpc) is 2.89. The van der Waals surface area contributed by atoms with Gasteiger partial charge in [-0.05, 0) is 54.0 Å². The van der Waals surface area contributed by atoms with Gasteiger partial charge < -0.3 is 15.2 Å². The van der Waals surface area contributed by atoms with Gasteiger partial charge in [-0.3, -0.25) is 4.79 Å². The maximum absolute atomic E-state index is 12.6. The van der Waals surface area contributed by atoms with Crippen molar-refractivity contribution in [1.82, 2.24) is 0 Å². The van der Waals surface area contributed by atoms with Gasteiger partial charge in [-0.2, -0.15) is 0 Å². The van der Waals surface area contributed by atoms with Crippen molar-refractivity contribution in [2.24, 2.45) is 0 Å². The Morgan fingerprint density at radius 3 is 2.65 bits per heavy atom. The van der Waals surface area contributed by atoms with Crippen LogP contribution in [-0.4, -0.2) is 18.1 Å². The fourth-order valence-electron chi connectivity index (χ4n) is 2.64. The molecule has 0 heterocycles. The van der Waals surface area contributed by atoms with Crippen molar-refractivity contribution >= 4 is 33.1 Å². The lowest BCUT2D eigenvalue weighted by Gasteiger charge is -2.10. The normalized spacial score (nSPS) is 13.5. The Morgan fingerprint density at radius 2 is 1.92 bits per heavy atom. The summed E-state index contributed by atoms with van der Waals surface area (Å²) in [7, 11) is 1.57. The number of ether oxygens (including phenoxy) is 1. The van der Waals surface area contributed by atoms with Crippen LogP contribution >= 0.6 is 15.9 Å². The summed E-state index contributed by atoms with van der Waals surface area (Å²) >= 11 is 3.40. The number of anilines is 1. The first-order chi connectivity index (χ1) is 12.6. The van der Waals surface area contributed by atoms with E-state index >= 15 is 0 Å². The van der Waals surface area contributed by atoms with E-state index in [0.717, 1.165) is 15.6 Å². The van der Waals surface area contributed by atoms with E-state index in [4.69, 9.17) is 4.74 Å². The fraction of sp³-hybridized carbons (Fsp3) is 0.0952. The number of methoxy groups -OCH3 is 1. The molecule has 0 unspecified atom stereocenters. The number of carbonyl (C=O) groups excluding carboxylic acids is 1. The Bertz CT molecular complexity index is 911. The number of amides is 1. The molecule has 4 nitrogen and oxygen atoms in total. The Balaban J connectivity index is 1.82. The van der Waals surface area contributed by atoms with E-state index in [1.54, 1.807) is 37.5 Å². The van der Waals surface area contributed by atoms with Gasteiger partial charge in [-0.25, -0.2) is 0 Å². The molecule has 0 spiro atoms. The molecule has 1 aliphatic rings.